The molecule has 2 atom stereocenters. The van der Waals surface area contributed by atoms with Crippen LogP contribution in [0.2, 0.25) is 0 Å². The Kier molecular flexibility index (Phi) is 68.7. The normalized spacial score (nSPS) is 14.0. The Labute approximate surface area is 546 Å². The average molecular weight is 1250 g/mol. The zero-order valence-corrected chi connectivity index (χ0v) is 57.5. The molecule has 0 aromatic heterocycles. The highest BCUT2D eigenvalue weighted by Gasteiger charge is 2.26. The second kappa shape index (κ2) is 72.4. The first-order valence-electron chi connectivity index (χ1n) is 35.6. The predicted molar refractivity (Wildman–Crippen MR) is 385 cm³/mol. The number of nitrogens with two attached hydrogens (primary N) is 1. The van der Waals surface area contributed by atoms with Gasteiger partial charge in [0.15, 0.2) is 6.10 Å². The van der Waals surface area contributed by atoms with Crippen LogP contribution in [0.4, 0.5) is 0 Å². The van der Waals surface area contributed by atoms with Gasteiger partial charge in [-0.1, -0.05) is 312 Å². The summed E-state index contributed by atoms with van der Waals surface area (Å²) in [5, 5.41) is 0. The van der Waals surface area contributed by atoms with Crippen molar-refractivity contribution >= 4 is 19.8 Å². The van der Waals surface area contributed by atoms with Gasteiger partial charge in [-0.3, -0.25) is 18.6 Å². The predicted octanol–water partition coefficient (Wildman–Crippen LogP) is 23.7. The van der Waals surface area contributed by atoms with Crippen LogP contribution in [-0.2, 0) is 32.7 Å². The molecule has 0 heterocycles. The lowest BCUT2D eigenvalue weighted by Gasteiger charge is -2.19. The summed E-state index contributed by atoms with van der Waals surface area (Å²) in [6.07, 6.45) is 107. The molecule has 3 N–H and O–H groups in total. The van der Waals surface area contributed by atoms with E-state index in [1.54, 1.807) is 0 Å². The van der Waals surface area contributed by atoms with Crippen molar-refractivity contribution in [2.24, 2.45) is 5.73 Å². The van der Waals surface area contributed by atoms with E-state index in [9.17, 15) is 19.0 Å². The molecule has 0 saturated heterocycles. The van der Waals surface area contributed by atoms with Gasteiger partial charge in [0.2, 0.25) is 0 Å². The fraction of sp³-hybridized carbons (Fsp3) is 0.620. The molecule has 0 aliphatic carbocycles. The van der Waals surface area contributed by atoms with Crippen LogP contribution in [0.3, 0.4) is 0 Å². The molecule has 10 heteroatoms. The molecule has 0 saturated carbocycles. The van der Waals surface area contributed by atoms with Crippen molar-refractivity contribution in [2.45, 2.75) is 290 Å². The van der Waals surface area contributed by atoms with Gasteiger partial charge in [0.25, 0.3) is 0 Å². The van der Waals surface area contributed by atoms with Crippen LogP contribution >= 0.6 is 7.82 Å². The molecule has 0 aromatic carbocycles. The van der Waals surface area contributed by atoms with Gasteiger partial charge in [-0.2, -0.15) is 0 Å². The number of phosphoric acid groups is 1. The average Bonchev–Trinajstić information content (AvgIpc) is 3.68. The molecule has 0 fully saturated rings. The van der Waals surface area contributed by atoms with E-state index in [0.29, 0.717) is 6.42 Å². The summed E-state index contributed by atoms with van der Waals surface area (Å²) in [5.74, 6) is -0.848. The van der Waals surface area contributed by atoms with E-state index in [1.807, 2.05) is 0 Å². The van der Waals surface area contributed by atoms with Crippen LogP contribution in [0.25, 0.3) is 0 Å². The second-order valence-corrected chi connectivity index (χ2v) is 24.4. The van der Waals surface area contributed by atoms with E-state index in [0.717, 1.165) is 148 Å². The Hall–Kier alpha value is -4.63. The van der Waals surface area contributed by atoms with E-state index in [-0.39, 0.29) is 38.6 Å². The summed E-state index contributed by atoms with van der Waals surface area (Å²) in [4.78, 5) is 35.4. The standard InChI is InChI=1S/C79H130NO8P/c1-3-5-7-9-11-13-15-17-19-21-23-25-27-29-31-33-35-36-37-38-39-40-42-44-46-48-50-52-54-56-58-60-62-64-66-68-70-72-79(82)88-77(76-87-89(83,84)86-74-73-80)75-85-78(81)71-69-67-65-63-61-59-57-55-53-51-49-47-45-43-41-34-32-30-28-26-24-22-20-18-16-14-12-10-8-6-4-2/h5-8,11-14,17-20,23-26,29,31,35-36,38-39,42,44,48,50,54,56,77H,3-4,9-10,15-16,21-22,27-28,30,32-34,37,40-41,43,45-47,49,51-53,55,57-76,80H2,1-2H3,(H,83,84)/b7-5-,8-6-,13-11-,14-12-,19-17-,20-18-,25-23-,26-24-,31-29-,36-35-,39-38-,44-42-,50-48-,56-54-. The molecule has 0 amide bonds. The summed E-state index contributed by atoms with van der Waals surface area (Å²) in [6.45, 7) is 3.50. The van der Waals surface area contributed by atoms with Crippen molar-refractivity contribution in [3.8, 4) is 0 Å². The molecule has 0 rings (SSSR count). The maximum absolute atomic E-state index is 12.8. The third-order valence-corrected chi connectivity index (χ3v) is 15.6. The smallest absolute Gasteiger partial charge is 0.462 e. The molecular weight excluding hydrogens is 1120 g/mol. The Morgan fingerprint density at radius 3 is 0.865 bits per heavy atom. The maximum atomic E-state index is 12.8. The Balaban J connectivity index is 3.97. The van der Waals surface area contributed by atoms with Crippen LogP contribution in [0.1, 0.15) is 284 Å². The summed E-state index contributed by atoms with van der Waals surface area (Å²) >= 11 is 0. The molecule has 89 heavy (non-hydrogen) atoms. The van der Waals surface area contributed by atoms with Gasteiger partial charge in [-0.15, -0.1) is 0 Å². The largest absolute Gasteiger partial charge is 0.472 e. The zero-order valence-electron chi connectivity index (χ0n) is 56.6. The summed E-state index contributed by atoms with van der Waals surface area (Å²) in [5.41, 5.74) is 5.40. The number of ether oxygens (including phenoxy) is 2. The highest BCUT2D eigenvalue weighted by Crippen LogP contribution is 2.43. The molecule has 0 bridgehead atoms. The number of carbonyl (C=O) groups excluding carboxylic acids is 2. The monoisotopic (exact) mass is 1250 g/mol. The number of esters is 2. The van der Waals surface area contributed by atoms with Crippen LogP contribution in [0.15, 0.2) is 170 Å². The molecule has 9 nitrogen and oxygen atoms in total. The van der Waals surface area contributed by atoms with Gasteiger partial charge in [0.1, 0.15) is 6.61 Å². The van der Waals surface area contributed by atoms with Crippen LogP contribution in [0.5, 0.6) is 0 Å². The third kappa shape index (κ3) is 72.3. The van der Waals surface area contributed by atoms with Crippen molar-refractivity contribution in [1.29, 1.82) is 0 Å². The van der Waals surface area contributed by atoms with Crippen molar-refractivity contribution in [2.75, 3.05) is 26.4 Å². The topological polar surface area (TPSA) is 134 Å². The lowest BCUT2D eigenvalue weighted by molar-refractivity contribution is -0.161. The highest BCUT2D eigenvalue weighted by molar-refractivity contribution is 7.47. The van der Waals surface area contributed by atoms with Crippen molar-refractivity contribution in [1.82, 2.24) is 0 Å². The highest BCUT2D eigenvalue weighted by atomic mass is 31.2. The number of rotatable bonds is 65. The van der Waals surface area contributed by atoms with E-state index in [2.05, 4.69) is 184 Å². The molecule has 0 aromatic rings. The van der Waals surface area contributed by atoms with Crippen LogP contribution in [0, 0.1) is 0 Å². The first-order valence-corrected chi connectivity index (χ1v) is 37.1. The van der Waals surface area contributed by atoms with Gasteiger partial charge >= 0.3 is 19.8 Å². The van der Waals surface area contributed by atoms with Crippen LogP contribution < -0.4 is 5.73 Å². The van der Waals surface area contributed by atoms with Gasteiger partial charge in [-0.25, -0.2) is 4.57 Å². The Morgan fingerprint density at radius 2 is 0.584 bits per heavy atom. The van der Waals surface area contributed by atoms with Gasteiger partial charge in [0.05, 0.1) is 13.2 Å². The summed E-state index contributed by atoms with van der Waals surface area (Å²) in [6, 6.07) is 0. The van der Waals surface area contributed by atoms with Crippen LogP contribution in [-0.4, -0.2) is 49.3 Å². The minimum atomic E-state index is -4.41. The van der Waals surface area contributed by atoms with Gasteiger partial charge in [-0.05, 0) is 128 Å². The van der Waals surface area contributed by atoms with Gasteiger partial charge in [0, 0.05) is 19.4 Å². The van der Waals surface area contributed by atoms with E-state index in [4.69, 9.17) is 24.3 Å². The second-order valence-electron chi connectivity index (χ2n) is 23.0. The molecular formula is C79H130NO8P. The van der Waals surface area contributed by atoms with Crippen molar-refractivity contribution in [3.05, 3.63) is 170 Å². The summed E-state index contributed by atoms with van der Waals surface area (Å²) in [7, 11) is -4.41. The first-order chi connectivity index (χ1) is 43.8. The van der Waals surface area contributed by atoms with Gasteiger partial charge < -0.3 is 20.1 Å². The SMILES string of the molecule is CC/C=C\C/C=C\C/C=C\C/C=C\C/C=C\C/C=C\C/C=C\C/C=C\C/C=C\C/C=C\CCCCCCCCC(=O)OC(COC(=O)CCCCCCCCCCCCCCCCCCCC/C=C\C/C=C\C/C=C\C/C=C\CC)COP(=O)(O)OCCN. The molecule has 0 aliphatic rings. The number of hydrogen-bond acceptors (Lipinski definition) is 8. The number of hydrogen-bond donors (Lipinski definition) is 2. The van der Waals surface area contributed by atoms with Crippen molar-refractivity contribution in [3.63, 3.8) is 0 Å². The maximum Gasteiger partial charge on any atom is 0.472 e. The van der Waals surface area contributed by atoms with E-state index in [1.165, 1.54) is 103 Å². The van der Waals surface area contributed by atoms with E-state index < -0.39 is 26.5 Å². The van der Waals surface area contributed by atoms with E-state index >= 15 is 0 Å². The number of allylic oxidation sites excluding steroid dienone is 28. The third-order valence-electron chi connectivity index (χ3n) is 14.6. The minimum absolute atomic E-state index is 0.0433. The molecule has 2 unspecified atom stereocenters. The Bertz CT molecular complexity index is 2070. The number of phosphoric ester groups is 1. The lowest BCUT2D eigenvalue weighted by Crippen LogP contribution is -2.29. The zero-order chi connectivity index (χ0) is 64.4. The van der Waals surface area contributed by atoms with Crippen molar-refractivity contribution < 1.29 is 37.6 Å². The molecule has 0 radical (unpaired) electrons. The lowest BCUT2D eigenvalue weighted by atomic mass is 10.0. The number of carbonyl (C=O) groups is 2. The quantitative estimate of drug-likeness (QED) is 0.0264. The summed E-state index contributed by atoms with van der Waals surface area (Å²) < 4.78 is 33.2. The molecule has 0 spiro atoms. The fourth-order valence-electron chi connectivity index (χ4n) is 9.42. The fourth-order valence-corrected chi connectivity index (χ4v) is 10.2. The number of unbranched alkanes of at least 4 members (excludes halogenated alkanes) is 24. The first kappa shape index (κ1) is 84.4. The Morgan fingerprint density at radius 1 is 0.337 bits per heavy atom. The molecule has 504 valence electrons. The molecule has 0 aliphatic heterocycles. The minimum Gasteiger partial charge on any atom is -0.462 e.